The third-order valence-corrected chi connectivity index (χ3v) is 11.7. The first kappa shape index (κ1) is 31.6. The molecule has 0 heterocycles. The Hall–Kier alpha value is -1.61. The molecular weight excluding hydrogens is 555 g/mol. The number of rotatable bonds is 5. The molecule has 0 N–H and O–H groups in total. The molecule has 37 heavy (non-hydrogen) atoms. The van der Waals surface area contributed by atoms with Crippen LogP contribution in [0, 0.1) is 5.92 Å². The summed E-state index contributed by atoms with van der Waals surface area (Å²) in [5.74, 6) is 1.24. The predicted octanol–water partition coefficient (Wildman–Crippen LogP) is 9.92. The molecule has 0 saturated heterocycles. The van der Waals surface area contributed by atoms with Crippen molar-refractivity contribution in [3.63, 3.8) is 0 Å². The molecule has 0 bridgehead atoms. The van der Waals surface area contributed by atoms with Gasteiger partial charge in [-0.15, -0.1) is 24.8 Å². The van der Waals surface area contributed by atoms with E-state index in [1.165, 1.54) is 41.1 Å². The van der Waals surface area contributed by atoms with Crippen LogP contribution in [0.15, 0.2) is 99.5 Å². The van der Waals surface area contributed by atoms with Gasteiger partial charge >= 0.3 is 223 Å². The molecule has 0 aliphatic heterocycles. The maximum absolute atomic E-state index is 7.18. The van der Waals surface area contributed by atoms with Crippen LogP contribution in [-0.2, 0) is 23.2 Å². The summed E-state index contributed by atoms with van der Waals surface area (Å²) >= 11 is 4.07. The fourth-order valence-corrected chi connectivity index (χ4v) is 9.43. The summed E-state index contributed by atoms with van der Waals surface area (Å²) in [7, 11) is 0. The predicted molar refractivity (Wildman–Crippen MR) is 162 cm³/mol. The molecule has 4 rings (SSSR count). The van der Waals surface area contributed by atoms with Crippen LogP contribution in [0.5, 0.6) is 5.75 Å². The van der Waals surface area contributed by atoms with Crippen LogP contribution < -0.4 is 3.32 Å². The topological polar surface area (TPSA) is 9.23 Å². The molecule has 3 aromatic rings. The zero-order chi connectivity index (χ0) is 25.3. The number of benzene rings is 3. The van der Waals surface area contributed by atoms with Gasteiger partial charge in [-0.3, -0.25) is 0 Å². The Morgan fingerprint density at radius 1 is 0.784 bits per heavy atom. The van der Waals surface area contributed by atoms with Gasteiger partial charge in [0.1, 0.15) is 0 Å². The standard InChI is InChI=1S/C13H10.C10H13ClO.C9H13.2ClH.Ti/c1-3-7-12(8-4-1)11-13-9-5-2-6-10-13;1-10(2,3)7-4-8(11)6-9(12)5-7;1-6-5-7(2)9(4)8(6)3;;;/h1-10H;4-6,12H,1-3H3;6H,1-4H3;2*1H;/q;;;;;+1/p-1. The van der Waals surface area contributed by atoms with Crippen LogP contribution >= 0.6 is 36.4 Å². The Balaban J connectivity index is 0.00000241. The molecule has 0 amide bonds. The minimum atomic E-state index is -2.56. The van der Waals surface area contributed by atoms with E-state index in [2.05, 4.69) is 121 Å². The summed E-state index contributed by atoms with van der Waals surface area (Å²) < 4.78 is 10.0. The van der Waals surface area contributed by atoms with Crippen molar-refractivity contribution >= 4 is 40.2 Å². The maximum Gasteiger partial charge on any atom is -0.147 e. The maximum atomic E-state index is 7.18. The fraction of sp³-hybridized carbons (Fsp3) is 0.281. The normalized spacial score (nSPS) is 15.2. The van der Waals surface area contributed by atoms with Crippen LogP contribution in [0.25, 0.3) is 0 Å². The Labute approximate surface area is 246 Å². The minimum Gasteiger partial charge on any atom is -0.147 e. The van der Waals surface area contributed by atoms with Crippen molar-refractivity contribution in [2.45, 2.75) is 53.9 Å². The zero-order valence-electron chi connectivity index (χ0n) is 22.7. The second-order valence-electron chi connectivity index (χ2n) is 10.5. The number of hydrogen-bond acceptors (Lipinski definition) is 1. The Bertz CT molecular complexity index is 1290. The van der Waals surface area contributed by atoms with Crippen molar-refractivity contribution in [3.05, 3.63) is 121 Å². The largest absolute Gasteiger partial charge is 0.147 e. The van der Waals surface area contributed by atoms with Crippen molar-refractivity contribution in [2.75, 3.05) is 0 Å². The van der Waals surface area contributed by atoms with E-state index in [9.17, 15) is 0 Å². The third-order valence-electron chi connectivity index (χ3n) is 7.19. The van der Waals surface area contributed by atoms with Crippen molar-refractivity contribution in [2.24, 2.45) is 5.92 Å². The van der Waals surface area contributed by atoms with Gasteiger partial charge in [-0.1, -0.05) is 0 Å². The summed E-state index contributed by atoms with van der Waals surface area (Å²) in [6.45, 7) is 15.8. The zero-order valence-corrected chi connectivity index (χ0v) is 26.6. The van der Waals surface area contributed by atoms with E-state index in [-0.39, 0.29) is 30.2 Å². The van der Waals surface area contributed by atoms with Crippen LogP contribution in [0.3, 0.4) is 0 Å². The smallest absolute Gasteiger partial charge is 0.147 e. The first-order valence-electron chi connectivity index (χ1n) is 12.3. The van der Waals surface area contributed by atoms with Gasteiger partial charge < -0.3 is 0 Å². The molecule has 3 aromatic carbocycles. The van der Waals surface area contributed by atoms with Crippen molar-refractivity contribution in [3.8, 4) is 5.75 Å². The average Bonchev–Trinajstić information content (AvgIpc) is 3.01. The van der Waals surface area contributed by atoms with Crippen molar-refractivity contribution in [1.29, 1.82) is 0 Å². The van der Waals surface area contributed by atoms with Gasteiger partial charge in [-0.05, 0) is 0 Å². The minimum absolute atomic E-state index is 0. The van der Waals surface area contributed by atoms with Crippen molar-refractivity contribution in [1.82, 2.24) is 0 Å². The molecule has 196 valence electrons. The van der Waals surface area contributed by atoms with E-state index in [0.29, 0.717) is 5.92 Å². The molecule has 0 radical (unpaired) electrons. The average molecular weight is 592 g/mol. The third kappa shape index (κ3) is 6.89. The SMILES string of the molecule is CC1=C(C)C(C)[C]([Ti]([O]c2cc(Cl)cc(C(C)(C)C)c2)=[C](c2ccccc2)c2ccccc2)=C1C.Cl.Cl. The summed E-state index contributed by atoms with van der Waals surface area (Å²) in [6.07, 6.45) is 0. The molecule has 0 aromatic heterocycles. The van der Waals surface area contributed by atoms with E-state index in [1.54, 1.807) is 0 Å². The summed E-state index contributed by atoms with van der Waals surface area (Å²) in [6, 6.07) is 27.8. The van der Waals surface area contributed by atoms with Gasteiger partial charge in [0.25, 0.3) is 0 Å². The molecule has 0 spiro atoms. The van der Waals surface area contributed by atoms with E-state index in [1.807, 2.05) is 6.07 Å². The summed E-state index contributed by atoms with van der Waals surface area (Å²) in [5.41, 5.74) is 7.90. The van der Waals surface area contributed by atoms with E-state index >= 15 is 0 Å². The molecule has 0 saturated carbocycles. The summed E-state index contributed by atoms with van der Waals surface area (Å²) in [4.78, 5) is 0. The van der Waals surface area contributed by atoms with Gasteiger partial charge in [-0.2, -0.15) is 0 Å². The Morgan fingerprint density at radius 3 is 1.73 bits per heavy atom. The molecule has 1 aliphatic rings. The number of allylic oxidation sites excluding steroid dienone is 4. The molecule has 1 atom stereocenters. The number of halogens is 3. The van der Waals surface area contributed by atoms with E-state index in [4.69, 9.17) is 14.9 Å². The number of hydrogen-bond donors (Lipinski definition) is 0. The molecule has 1 unspecified atom stereocenters. The molecule has 1 aliphatic carbocycles. The van der Waals surface area contributed by atoms with Gasteiger partial charge in [0.05, 0.1) is 0 Å². The molecular formula is C32H37Cl3OTi. The van der Waals surface area contributed by atoms with Crippen LogP contribution in [0.4, 0.5) is 0 Å². The van der Waals surface area contributed by atoms with Crippen LogP contribution in [-0.4, -0.2) is 3.81 Å². The second-order valence-corrected chi connectivity index (χ2v) is 13.9. The van der Waals surface area contributed by atoms with Gasteiger partial charge in [0, 0.05) is 0 Å². The van der Waals surface area contributed by atoms with E-state index < -0.39 is 17.8 Å². The van der Waals surface area contributed by atoms with Gasteiger partial charge in [0.15, 0.2) is 0 Å². The first-order chi connectivity index (χ1) is 16.6. The summed E-state index contributed by atoms with van der Waals surface area (Å²) in [5, 5.41) is 0.724. The quantitative estimate of drug-likeness (QED) is 0.268. The van der Waals surface area contributed by atoms with Crippen LogP contribution in [0.1, 0.15) is 65.2 Å². The fourth-order valence-electron chi connectivity index (χ4n) is 4.78. The van der Waals surface area contributed by atoms with Crippen molar-refractivity contribution < 1.29 is 21.1 Å². The monoisotopic (exact) mass is 590 g/mol. The molecule has 1 nitrogen and oxygen atoms in total. The first-order valence-corrected chi connectivity index (χ1v) is 14.9. The van der Waals surface area contributed by atoms with Gasteiger partial charge in [0.2, 0.25) is 0 Å². The second kappa shape index (κ2) is 13.0. The van der Waals surface area contributed by atoms with Crippen LogP contribution in [0.2, 0.25) is 5.02 Å². The van der Waals surface area contributed by atoms with E-state index in [0.717, 1.165) is 10.8 Å². The van der Waals surface area contributed by atoms with Gasteiger partial charge in [-0.25, -0.2) is 0 Å². The molecule has 0 fully saturated rings. The Morgan fingerprint density at radius 2 is 1.30 bits per heavy atom. The Kier molecular flexibility index (Phi) is 11.1. The molecule has 5 heteroatoms.